The quantitative estimate of drug-likeness (QED) is 0.746. The molecule has 0 heterocycles. The molecule has 0 aliphatic rings. The van der Waals surface area contributed by atoms with E-state index in [2.05, 4.69) is 17.0 Å². The van der Waals surface area contributed by atoms with Crippen LogP contribution in [0.4, 0.5) is 14.5 Å². The number of thioether (sulfide) groups is 1. The van der Waals surface area contributed by atoms with Crippen LogP contribution in [-0.2, 0) is 0 Å². The highest BCUT2D eigenvalue weighted by atomic mass is 32.2. The monoisotopic (exact) mass is 247 g/mol. The Morgan fingerprint density at radius 1 is 1.31 bits per heavy atom. The number of hydrogen-bond donors (Lipinski definition) is 1. The first kappa shape index (κ1) is 13.1. The van der Waals surface area contributed by atoms with Crippen LogP contribution in [0.25, 0.3) is 0 Å². The normalized spacial score (nSPS) is 10.5. The second kappa shape index (κ2) is 7.33. The van der Waals surface area contributed by atoms with Crippen molar-refractivity contribution < 1.29 is 13.5 Å². The van der Waals surface area contributed by atoms with Crippen molar-refractivity contribution in [2.75, 3.05) is 23.4 Å². The molecule has 2 nitrogen and oxygen atoms in total. The van der Waals surface area contributed by atoms with Crippen LogP contribution in [0.2, 0.25) is 0 Å². The predicted molar refractivity (Wildman–Crippen MR) is 64.6 cm³/mol. The van der Waals surface area contributed by atoms with Crippen molar-refractivity contribution in [2.45, 2.75) is 13.5 Å². The number of anilines is 1. The Hall–Kier alpha value is -0.970. The van der Waals surface area contributed by atoms with E-state index in [9.17, 15) is 8.78 Å². The molecule has 0 amide bonds. The Balaban J connectivity index is 2.33. The largest absolute Gasteiger partial charge is 0.435 e. The fraction of sp³-hybridized carbons (Fsp3) is 0.455. The SMILES string of the molecule is CCSCCNc1ccc(OC(F)F)cc1. The van der Waals surface area contributed by atoms with E-state index in [-0.39, 0.29) is 5.75 Å². The summed E-state index contributed by atoms with van der Waals surface area (Å²) >= 11 is 1.85. The topological polar surface area (TPSA) is 21.3 Å². The van der Waals surface area contributed by atoms with E-state index in [4.69, 9.17) is 0 Å². The van der Waals surface area contributed by atoms with Crippen molar-refractivity contribution in [1.82, 2.24) is 0 Å². The molecule has 0 bridgehead atoms. The van der Waals surface area contributed by atoms with Gasteiger partial charge < -0.3 is 10.1 Å². The molecule has 0 radical (unpaired) electrons. The molecule has 1 N–H and O–H groups in total. The molecule has 1 aromatic carbocycles. The number of benzene rings is 1. The highest BCUT2D eigenvalue weighted by molar-refractivity contribution is 7.99. The third kappa shape index (κ3) is 5.21. The second-order valence-electron chi connectivity index (χ2n) is 3.03. The van der Waals surface area contributed by atoms with E-state index < -0.39 is 6.61 Å². The Labute approximate surface area is 98.4 Å². The number of ether oxygens (including phenoxy) is 1. The molecule has 0 unspecified atom stereocenters. The van der Waals surface area contributed by atoms with Crippen molar-refractivity contribution in [2.24, 2.45) is 0 Å². The van der Waals surface area contributed by atoms with Crippen LogP contribution < -0.4 is 10.1 Å². The molecule has 0 spiro atoms. The third-order valence-electron chi connectivity index (χ3n) is 1.86. The summed E-state index contributed by atoms with van der Waals surface area (Å²) in [5, 5.41) is 3.20. The molecule has 1 aromatic rings. The molecular weight excluding hydrogens is 232 g/mol. The Morgan fingerprint density at radius 2 is 2.00 bits per heavy atom. The molecule has 0 saturated heterocycles. The number of nitrogens with one attached hydrogen (secondary N) is 1. The van der Waals surface area contributed by atoms with Crippen LogP contribution in [0.15, 0.2) is 24.3 Å². The van der Waals surface area contributed by atoms with Gasteiger partial charge in [-0.2, -0.15) is 20.5 Å². The van der Waals surface area contributed by atoms with Crippen LogP contribution >= 0.6 is 11.8 Å². The molecular formula is C11H15F2NOS. The van der Waals surface area contributed by atoms with Gasteiger partial charge in [-0.05, 0) is 30.0 Å². The summed E-state index contributed by atoms with van der Waals surface area (Å²) in [4.78, 5) is 0. The van der Waals surface area contributed by atoms with Gasteiger partial charge in [-0.25, -0.2) is 0 Å². The molecule has 0 aliphatic carbocycles. The molecule has 0 atom stereocenters. The molecule has 0 aromatic heterocycles. The highest BCUT2D eigenvalue weighted by Crippen LogP contribution is 2.17. The molecule has 5 heteroatoms. The zero-order chi connectivity index (χ0) is 11.8. The minimum absolute atomic E-state index is 0.184. The van der Waals surface area contributed by atoms with E-state index >= 15 is 0 Å². The summed E-state index contributed by atoms with van der Waals surface area (Å²) in [6.07, 6.45) is 0. The smallest absolute Gasteiger partial charge is 0.387 e. The average Bonchev–Trinajstić information content (AvgIpc) is 2.26. The number of halogens is 2. The van der Waals surface area contributed by atoms with Gasteiger partial charge in [0.1, 0.15) is 5.75 Å². The molecule has 16 heavy (non-hydrogen) atoms. The summed E-state index contributed by atoms with van der Waals surface area (Å²) in [5.41, 5.74) is 0.915. The van der Waals surface area contributed by atoms with Crippen LogP contribution in [0.1, 0.15) is 6.92 Å². The maximum Gasteiger partial charge on any atom is 0.387 e. The third-order valence-corrected chi connectivity index (χ3v) is 2.76. The van der Waals surface area contributed by atoms with Gasteiger partial charge in [-0.3, -0.25) is 0 Å². The van der Waals surface area contributed by atoms with Crippen LogP contribution in [0, 0.1) is 0 Å². The lowest BCUT2D eigenvalue weighted by Gasteiger charge is -2.07. The fourth-order valence-electron chi connectivity index (χ4n) is 1.17. The Kier molecular flexibility index (Phi) is 6.00. The van der Waals surface area contributed by atoms with E-state index in [0.717, 1.165) is 23.7 Å². The first-order valence-electron chi connectivity index (χ1n) is 5.09. The van der Waals surface area contributed by atoms with E-state index in [1.54, 1.807) is 12.1 Å². The lowest BCUT2D eigenvalue weighted by atomic mass is 10.3. The van der Waals surface area contributed by atoms with Gasteiger partial charge in [-0.15, -0.1) is 0 Å². The highest BCUT2D eigenvalue weighted by Gasteiger charge is 2.03. The van der Waals surface area contributed by atoms with Gasteiger partial charge in [0, 0.05) is 18.0 Å². The molecule has 0 saturated carbocycles. The van der Waals surface area contributed by atoms with Crippen LogP contribution in [0.3, 0.4) is 0 Å². The minimum atomic E-state index is -2.76. The van der Waals surface area contributed by atoms with Crippen molar-refractivity contribution in [3.63, 3.8) is 0 Å². The molecule has 90 valence electrons. The maximum absolute atomic E-state index is 11.9. The number of alkyl halides is 2. The minimum Gasteiger partial charge on any atom is -0.435 e. The van der Waals surface area contributed by atoms with Gasteiger partial charge in [0.05, 0.1) is 0 Å². The van der Waals surface area contributed by atoms with E-state index in [1.165, 1.54) is 12.1 Å². The van der Waals surface area contributed by atoms with Crippen LogP contribution in [-0.4, -0.2) is 24.7 Å². The summed E-state index contributed by atoms with van der Waals surface area (Å²) in [6, 6.07) is 6.52. The zero-order valence-corrected chi connectivity index (χ0v) is 9.90. The van der Waals surface area contributed by atoms with E-state index in [1.807, 2.05) is 11.8 Å². The predicted octanol–water partition coefficient (Wildman–Crippen LogP) is 3.45. The number of hydrogen-bond acceptors (Lipinski definition) is 3. The first-order chi connectivity index (χ1) is 7.72. The Bertz CT molecular complexity index is 293. The lowest BCUT2D eigenvalue weighted by molar-refractivity contribution is -0.0498. The maximum atomic E-state index is 11.9. The summed E-state index contributed by atoms with van der Waals surface area (Å²) < 4.78 is 28.0. The molecule has 0 aliphatic heterocycles. The molecule has 1 rings (SSSR count). The summed E-state index contributed by atoms with van der Waals surface area (Å²) in [7, 11) is 0. The van der Waals surface area contributed by atoms with Crippen molar-refractivity contribution >= 4 is 17.4 Å². The van der Waals surface area contributed by atoms with Gasteiger partial charge >= 0.3 is 6.61 Å². The van der Waals surface area contributed by atoms with Crippen LogP contribution in [0.5, 0.6) is 5.75 Å². The van der Waals surface area contributed by atoms with Crippen molar-refractivity contribution in [3.05, 3.63) is 24.3 Å². The van der Waals surface area contributed by atoms with Gasteiger partial charge in [0.25, 0.3) is 0 Å². The molecule has 0 fully saturated rings. The van der Waals surface area contributed by atoms with Gasteiger partial charge in [0.15, 0.2) is 0 Å². The van der Waals surface area contributed by atoms with Gasteiger partial charge in [-0.1, -0.05) is 6.92 Å². The second-order valence-corrected chi connectivity index (χ2v) is 4.42. The Morgan fingerprint density at radius 3 is 2.56 bits per heavy atom. The van der Waals surface area contributed by atoms with Gasteiger partial charge in [0.2, 0.25) is 0 Å². The number of rotatable bonds is 7. The summed E-state index contributed by atoms with van der Waals surface area (Å²) in [5.74, 6) is 2.32. The fourth-order valence-corrected chi connectivity index (χ4v) is 1.70. The summed E-state index contributed by atoms with van der Waals surface area (Å²) in [6.45, 7) is 0.217. The van der Waals surface area contributed by atoms with E-state index in [0.29, 0.717) is 0 Å². The van der Waals surface area contributed by atoms with Crippen molar-refractivity contribution in [1.29, 1.82) is 0 Å². The average molecular weight is 247 g/mol. The standard InChI is InChI=1S/C11H15F2NOS/c1-2-16-8-7-14-9-3-5-10(6-4-9)15-11(12)13/h3-6,11,14H,2,7-8H2,1H3. The lowest BCUT2D eigenvalue weighted by Crippen LogP contribution is -2.05. The zero-order valence-electron chi connectivity index (χ0n) is 9.08. The van der Waals surface area contributed by atoms with Crippen molar-refractivity contribution in [3.8, 4) is 5.75 Å². The first-order valence-corrected chi connectivity index (χ1v) is 6.24.